The third kappa shape index (κ3) is 6.37. The maximum absolute atomic E-state index is 11.8. The first-order chi connectivity index (χ1) is 10.6. The number of carboxylic acid groups (broad SMARTS) is 1. The molecule has 0 aliphatic carbocycles. The molecular weight excluding hydrogens is 300 g/mol. The Bertz CT molecular complexity index is 566. The van der Waals surface area contributed by atoms with Crippen LogP contribution in [0.2, 0.25) is 0 Å². The van der Waals surface area contributed by atoms with Crippen LogP contribution in [0.4, 0.5) is 4.79 Å². The van der Waals surface area contributed by atoms with Crippen molar-refractivity contribution in [2.24, 2.45) is 11.7 Å². The van der Waals surface area contributed by atoms with Gasteiger partial charge in [-0.15, -0.1) is 0 Å². The lowest BCUT2D eigenvalue weighted by molar-refractivity contribution is -0.145. The van der Waals surface area contributed by atoms with Gasteiger partial charge >= 0.3 is 12.1 Å². The molecule has 1 unspecified atom stereocenters. The van der Waals surface area contributed by atoms with Crippen LogP contribution in [-0.2, 0) is 20.7 Å². The van der Waals surface area contributed by atoms with E-state index in [1.807, 2.05) is 0 Å². The van der Waals surface area contributed by atoms with E-state index in [1.54, 1.807) is 51.1 Å². The minimum Gasteiger partial charge on any atom is -0.481 e. The van der Waals surface area contributed by atoms with Crippen molar-refractivity contribution < 1.29 is 24.2 Å². The number of aliphatic carboxylic acids is 1. The number of alkyl carbamates (subject to hydrolysis) is 1. The predicted molar refractivity (Wildman–Crippen MR) is 83.6 cm³/mol. The van der Waals surface area contributed by atoms with Gasteiger partial charge in [-0.2, -0.15) is 0 Å². The molecule has 1 aromatic carbocycles. The van der Waals surface area contributed by atoms with E-state index in [0.717, 1.165) is 5.56 Å². The average Bonchev–Trinajstić information content (AvgIpc) is 2.41. The summed E-state index contributed by atoms with van der Waals surface area (Å²) in [6.07, 6.45) is -0.833. The molecule has 0 radical (unpaired) electrons. The van der Waals surface area contributed by atoms with Gasteiger partial charge in [0.05, 0.1) is 5.92 Å². The van der Waals surface area contributed by atoms with Crippen molar-refractivity contribution in [1.29, 1.82) is 0 Å². The molecule has 4 N–H and O–H groups in total. The second kappa shape index (κ2) is 7.62. The summed E-state index contributed by atoms with van der Waals surface area (Å²) in [6.45, 7) is 4.97. The minimum atomic E-state index is -1.37. The standard InChI is InChI=1S/C16H22N2O5/c1-16(2,3)23-15(22)18-12(13(17)19)11(14(20)21)9-10-7-5-4-6-8-10/h4-8,11-12H,9H2,1-3H3,(H2,17,19)(H,18,22)(H,20,21)/t11-,12?/m0/s1. The topological polar surface area (TPSA) is 119 Å². The number of rotatable bonds is 6. The van der Waals surface area contributed by atoms with Crippen LogP contribution in [-0.4, -0.2) is 34.7 Å². The summed E-state index contributed by atoms with van der Waals surface area (Å²) in [6, 6.07) is 7.42. The second-order valence-electron chi connectivity index (χ2n) is 6.16. The number of carbonyl (C=O) groups is 3. The molecule has 0 saturated heterocycles. The molecule has 7 nitrogen and oxygen atoms in total. The van der Waals surface area contributed by atoms with Gasteiger partial charge in [-0.05, 0) is 32.8 Å². The summed E-state index contributed by atoms with van der Waals surface area (Å²) in [4.78, 5) is 35.0. The highest BCUT2D eigenvalue weighted by Gasteiger charge is 2.35. The van der Waals surface area contributed by atoms with Gasteiger partial charge in [-0.25, -0.2) is 4.79 Å². The Balaban J connectivity index is 2.92. The van der Waals surface area contributed by atoms with E-state index in [1.165, 1.54) is 0 Å². The van der Waals surface area contributed by atoms with Crippen molar-refractivity contribution >= 4 is 18.0 Å². The van der Waals surface area contributed by atoms with Gasteiger partial charge in [0.2, 0.25) is 5.91 Å². The van der Waals surface area contributed by atoms with E-state index >= 15 is 0 Å². The fraction of sp³-hybridized carbons (Fsp3) is 0.438. The van der Waals surface area contributed by atoms with E-state index in [9.17, 15) is 19.5 Å². The van der Waals surface area contributed by atoms with Crippen LogP contribution in [0.3, 0.4) is 0 Å². The van der Waals surface area contributed by atoms with Crippen LogP contribution >= 0.6 is 0 Å². The molecule has 2 amide bonds. The van der Waals surface area contributed by atoms with Crippen molar-refractivity contribution in [3.05, 3.63) is 35.9 Å². The van der Waals surface area contributed by atoms with E-state index in [0.29, 0.717) is 0 Å². The number of nitrogens with two attached hydrogens (primary N) is 1. The molecular formula is C16H22N2O5. The molecule has 0 aliphatic heterocycles. The summed E-state index contributed by atoms with van der Waals surface area (Å²) in [5.74, 6) is -3.35. The molecule has 2 atom stereocenters. The van der Waals surface area contributed by atoms with Crippen LogP contribution in [0.5, 0.6) is 0 Å². The zero-order valence-electron chi connectivity index (χ0n) is 13.4. The van der Waals surface area contributed by atoms with Crippen LogP contribution in [0, 0.1) is 5.92 Å². The van der Waals surface area contributed by atoms with Gasteiger partial charge in [-0.1, -0.05) is 30.3 Å². The van der Waals surface area contributed by atoms with Gasteiger partial charge < -0.3 is 20.9 Å². The van der Waals surface area contributed by atoms with Gasteiger partial charge in [0.15, 0.2) is 0 Å². The maximum atomic E-state index is 11.8. The fourth-order valence-corrected chi connectivity index (χ4v) is 2.02. The summed E-state index contributed by atoms with van der Waals surface area (Å²) in [5, 5.41) is 11.7. The third-order valence-electron chi connectivity index (χ3n) is 3.00. The number of hydrogen-bond acceptors (Lipinski definition) is 4. The van der Waals surface area contributed by atoms with Crippen molar-refractivity contribution in [1.82, 2.24) is 5.32 Å². The van der Waals surface area contributed by atoms with Gasteiger partial charge in [-0.3, -0.25) is 9.59 Å². The normalized spacial score (nSPS) is 13.7. The molecule has 23 heavy (non-hydrogen) atoms. The Morgan fingerprint density at radius 2 is 1.78 bits per heavy atom. The molecule has 0 spiro atoms. The summed E-state index contributed by atoms with van der Waals surface area (Å²) in [7, 11) is 0. The van der Waals surface area contributed by atoms with Crippen molar-refractivity contribution in [3.8, 4) is 0 Å². The van der Waals surface area contributed by atoms with Gasteiger partial charge in [0.1, 0.15) is 11.6 Å². The Morgan fingerprint density at radius 3 is 2.22 bits per heavy atom. The fourth-order valence-electron chi connectivity index (χ4n) is 2.02. The van der Waals surface area contributed by atoms with Crippen LogP contribution < -0.4 is 11.1 Å². The van der Waals surface area contributed by atoms with E-state index in [2.05, 4.69) is 5.32 Å². The lowest BCUT2D eigenvalue weighted by Gasteiger charge is -2.25. The average molecular weight is 322 g/mol. The number of primary amides is 1. The van der Waals surface area contributed by atoms with Gasteiger partial charge in [0, 0.05) is 0 Å². The molecule has 1 rings (SSSR count). The number of benzene rings is 1. The molecule has 0 saturated carbocycles. The lowest BCUT2D eigenvalue weighted by Crippen LogP contribution is -2.53. The van der Waals surface area contributed by atoms with Crippen LogP contribution in [0.15, 0.2) is 30.3 Å². The smallest absolute Gasteiger partial charge is 0.408 e. The second-order valence-corrected chi connectivity index (χ2v) is 6.16. The summed E-state index contributed by atoms with van der Waals surface area (Å²) < 4.78 is 5.05. The van der Waals surface area contributed by atoms with Gasteiger partial charge in [0.25, 0.3) is 0 Å². The third-order valence-corrected chi connectivity index (χ3v) is 3.00. The first-order valence-electron chi connectivity index (χ1n) is 7.15. The Hall–Kier alpha value is -2.57. The lowest BCUT2D eigenvalue weighted by atomic mass is 9.91. The molecule has 0 aliphatic rings. The number of nitrogens with one attached hydrogen (secondary N) is 1. The summed E-state index contributed by atoms with van der Waals surface area (Å²) in [5.41, 5.74) is 5.21. The zero-order valence-corrected chi connectivity index (χ0v) is 13.4. The molecule has 1 aromatic rings. The Labute approximate surface area is 134 Å². The number of amides is 2. The first kappa shape index (κ1) is 18.5. The van der Waals surface area contributed by atoms with E-state index < -0.39 is 35.5 Å². The zero-order chi connectivity index (χ0) is 17.6. The number of carboxylic acids is 1. The van der Waals surface area contributed by atoms with Crippen LogP contribution in [0.1, 0.15) is 26.3 Å². The molecule has 7 heteroatoms. The maximum Gasteiger partial charge on any atom is 0.408 e. The summed E-state index contributed by atoms with van der Waals surface area (Å²) >= 11 is 0. The van der Waals surface area contributed by atoms with E-state index in [4.69, 9.17) is 10.5 Å². The molecule has 126 valence electrons. The molecule has 0 fully saturated rings. The Kier molecular flexibility index (Phi) is 6.12. The predicted octanol–water partition coefficient (Wildman–Crippen LogP) is 1.31. The largest absolute Gasteiger partial charge is 0.481 e. The highest BCUT2D eigenvalue weighted by atomic mass is 16.6. The molecule has 0 bridgehead atoms. The first-order valence-corrected chi connectivity index (χ1v) is 7.15. The molecule has 0 aromatic heterocycles. The van der Waals surface area contributed by atoms with Crippen molar-refractivity contribution in [2.45, 2.75) is 38.8 Å². The molecule has 0 heterocycles. The number of carbonyl (C=O) groups excluding carboxylic acids is 2. The minimum absolute atomic E-state index is 0.0551. The highest BCUT2D eigenvalue weighted by molar-refractivity contribution is 5.89. The highest BCUT2D eigenvalue weighted by Crippen LogP contribution is 2.15. The van der Waals surface area contributed by atoms with Crippen molar-refractivity contribution in [3.63, 3.8) is 0 Å². The monoisotopic (exact) mass is 322 g/mol. The van der Waals surface area contributed by atoms with E-state index in [-0.39, 0.29) is 6.42 Å². The Morgan fingerprint density at radius 1 is 1.22 bits per heavy atom. The number of ether oxygens (including phenoxy) is 1. The van der Waals surface area contributed by atoms with Crippen LogP contribution in [0.25, 0.3) is 0 Å². The van der Waals surface area contributed by atoms with Crippen molar-refractivity contribution in [2.75, 3.05) is 0 Å². The SMILES string of the molecule is CC(C)(C)OC(=O)NC(C(N)=O)[C@H](Cc1ccccc1)C(=O)O. The quantitative estimate of drug-likeness (QED) is 0.729. The number of hydrogen-bond donors (Lipinski definition) is 3.